The smallest absolute Gasteiger partial charge is 0.0849 e. The van der Waals surface area contributed by atoms with Gasteiger partial charge in [-0.1, -0.05) is 18.3 Å². The topological polar surface area (TPSA) is 46.0 Å². The molecule has 7 atom stereocenters. The second-order valence-corrected chi connectivity index (χ2v) is 10.1. The van der Waals surface area contributed by atoms with Gasteiger partial charge < -0.3 is 5.11 Å². The molecule has 0 radical (unpaired) electrons. The van der Waals surface area contributed by atoms with E-state index in [0.717, 1.165) is 36.5 Å². The number of aromatic nitrogens is 2. The summed E-state index contributed by atoms with van der Waals surface area (Å²) in [5.74, 6) is 3.29. The van der Waals surface area contributed by atoms with E-state index in [1.165, 1.54) is 49.1 Å². The molecule has 1 aromatic rings. The molecule has 3 nitrogen and oxygen atoms in total. The average Bonchev–Trinajstić information content (AvgIpc) is 3.09. The summed E-state index contributed by atoms with van der Waals surface area (Å²) < 4.78 is 4.24. The van der Waals surface area contributed by atoms with Crippen molar-refractivity contribution in [1.82, 2.24) is 9.59 Å². The Morgan fingerprint density at radius 2 is 1.96 bits per heavy atom. The fourth-order valence-electron chi connectivity index (χ4n) is 7.20. The van der Waals surface area contributed by atoms with Crippen LogP contribution in [-0.2, 0) is 11.8 Å². The molecule has 1 aromatic heterocycles. The molecule has 0 bridgehead atoms. The van der Waals surface area contributed by atoms with Crippen LogP contribution in [0.2, 0.25) is 0 Å². The van der Waals surface area contributed by atoms with Crippen LogP contribution >= 0.6 is 11.5 Å². The maximum absolute atomic E-state index is 10.1. The molecule has 23 heavy (non-hydrogen) atoms. The molecule has 3 saturated carbocycles. The monoisotopic (exact) mass is 332 g/mol. The molecule has 4 aliphatic carbocycles. The Labute approximate surface area is 143 Å². The van der Waals surface area contributed by atoms with E-state index in [9.17, 15) is 5.11 Å². The average molecular weight is 333 g/mol. The van der Waals surface area contributed by atoms with Crippen molar-refractivity contribution in [1.29, 1.82) is 0 Å². The third-order valence-corrected chi connectivity index (χ3v) is 9.27. The highest BCUT2D eigenvalue weighted by Gasteiger charge is 2.60. The maximum Gasteiger partial charge on any atom is 0.0849 e. The first kappa shape index (κ1) is 14.8. The van der Waals surface area contributed by atoms with Crippen molar-refractivity contribution in [2.75, 3.05) is 0 Å². The van der Waals surface area contributed by atoms with Crippen LogP contribution in [0.25, 0.3) is 0 Å². The van der Waals surface area contributed by atoms with Gasteiger partial charge in [-0.3, -0.25) is 0 Å². The molecule has 0 aromatic carbocycles. The van der Waals surface area contributed by atoms with Gasteiger partial charge in [0.25, 0.3) is 0 Å². The lowest BCUT2D eigenvalue weighted by Gasteiger charge is -2.60. The molecular formula is C19H28N2OS. The second kappa shape index (κ2) is 4.78. The molecule has 1 N–H and O–H groups in total. The van der Waals surface area contributed by atoms with E-state index in [0.29, 0.717) is 10.8 Å². The lowest BCUT2D eigenvalue weighted by Crippen LogP contribution is -2.54. The van der Waals surface area contributed by atoms with E-state index >= 15 is 0 Å². The van der Waals surface area contributed by atoms with Gasteiger partial charge in [0.05, 0.1) is 11.8 Å². The van der Waals surface area contributed by atoms with Crippen LogP contribution in [0, 0.1) is 29.1 Å². The molecule has 0 aliphatic heterocycles. The van der Waals surface area contributed by atoms with Crippen LogP contribution in [0.4, 0.5) is 0 Å². The molecule has 1 heterocycles. The van der Waals surface area contributed by atoms with Crippen LogP contribution in [-0.4, -0.2) is 20.8 Å². The molecule has 126 valence electrons. The Morgan fingerprint density at radius 1 is 1.09 bits per heavy atom. The van der Waals surface area contributed by atoms with Gasteiger partial charge in [-0.2, -0.15) is 0 Å². The minimum atomic E-state index is -0.0350. The van der Waals surface area contributed by atoms with Crippen LogP contribution in [0.1, 0.15) is 69.4 Å². The van der Waals surface area contributed by atoms with Gasteiger partial charge in [-0.25, -0.2) is 0 Å². The molecular weight excluding hydrogens is 304 g/mol. The molecule has 3 fully saturated rings. The van der Waals surface area contributed by atoms with Crippen LogP contribution in [0.15, 0.2) is 0 Å². The van der Waals surface area contributed by atoms with E-state index in [-0.39, 0.29) is 6.10 Å². The van der Waals surface area contributed by atoms with E-state index in [1.54, 1.807) is 11.5 Å². The largest absolute Gasteiger partial charge is 0.393 e. The van der Waals surface area contributed by atoms with Crippen molar-refractivity contribution in [3.05, 3.63) is 10.6 Å². The molecule has 0 amide bonds. The van der Waals surface area contributed by atoms with Gasteiger partial charge in [-0.05, 0) is 92.0 Å². The number of fused-ring (bicyclic) bond motifs is 7. The molecule has 0 saturated heterocycles. The number of rotatable bonds is 0. The minimum absolute atomic E-state index is 0.0350. The highest BCUT2D eigenvalue weighted by Crippen LogP contribution is 2.65. The standard InChI is InChI=1S/C19H28N2OS/c1-18-7-5-12(22)9-11(18)3-4-13-14(18)6-8-19(2)15(13)10-16-17(19)20-21-23-16/h11-15,22H,3-10H2,1-2H3/t11-,12-,13+,14-,15-,18-,19-/m0/s1. The Balaban J connectivity index is 1.49. The summed E-state index contributed by atoms with van der Waals surface area (Å²) in [6.07, 6.45) is 9.88. The third-order valence-electron chi connectivity index (χ3n) is 8.53. The minimum Gasteiger partial charge on any atom is -0.393 e. The zero-order valence-corrected chi connectivity index (χ0v) is 15.1. The summed E-state index contributed by atoms with van der Waals surface area (Å²) in [5.41, 5.74) is 2.11. The second-order valence-electron chi connectivity index (χ2n) is 9.29. The molecule has 0 unspecified atom stereocenters. The van der Waals surface area contributed by atoms with E-state index in [1.807, 2.05) is 0 Å². The van der Waals surface area contributed by atoms with E-state index in [2.05, 4.69) is 23.4 Å². The summed E-state index contributed by atoms with van der Waals surface area (Å²) in [6.45, 7) is 5.04. The lowest BCUT2D eigenvalue weighted by atomic mass is 9.45. The number of hydrogen-bond acceptors (Lipinski definition) is 4. The van der Waals surface area contributed by atoms with Crippen molar-refractivity contribution in [2.45, 2.75) is 76.7 Å². The first-order valence-corrected chi connectivity index (χ1v) is 10.3. The summed E-state index contributed by atoms with van der Waals surface area (Å²) in [7, 11) is 0. The van der Waals surface area contributed by atoms with Gasteiger partial charge in [-0.15, -0.1) is 5.10 Å². The summed E-state index contributed by atoms with van der Waals surface area (Å²) >= 11 is 1.64. The zero-order chi connectivity index (χ0) is 15.8. The third kappa shape index (κ3) is 1.85. The number of aliphatic hydroxyl groups is 1. The van der Waals surface area contributed by atoms with Crippen molar-refractivity contribution in [3.63, 3.8) is 0 Å². The first-order chi connectivity index (χ1) is 11.0. The van der Waals surface area contributed by atoms with Gasteiger partial charge >= 0.3 is 0 Å². The number of aliphatic hydroxyl groups excluding tert-OH is 1. The van der Waals surface area contributed by atoms with Crippen LogP contribution in [0.5, 0.6) is 0 Å². The first-order valence-electron chi connectivity index (χ1n) is 9.52. The summed E-state index contributed by atoms with van der Waals surface area (Å²) in [5, 5.41) is 14.7. The number of nitrogens with zero attached hydrogens (tertiary/aromatic N) is 2. The van der Waals surface area contributed by atoms with Crippen LogP contribution in [0.3, 0.4) is 0 Å². The molecule has 4 aliphatic rings. The highest BCUT2D eigenvalue weighted by molar-refractivity contribution is 7.05. The SMILES string of the molecule is C[C@]12CC[C@H](O)C[C@@H]1CC[C@@H]1[C@@H]2CC[C@]2(C)c3nnsc3C[C@@H]12. The van der Waals surface area contributed by atoms with Crippen molar-refractivity contribution in [3.8, 4) is 0 Å². The predicted molar refractivity (Wildman–Crippen MR) is 91.4 cm³/mol. The van der Waals surface area contributed by atoms with Gasteiger partial charge in [0.1, 0.15) is 0 Å². The van der Waals surface area contributed by atoms with Crippen LogP contribution < -0.4 is 0 Å². The Bertz CT molecular complexity index is 631. The predicted octanol–water partition coefficient (Wildman–Crippen LogP) is 3.96. The maximum atomic E-state index is 10.1. The summed E-state index contributed by atoms with van der Waals surface area (Å²) in [6, 6.07) is 0. The van der Waals surface area contributed by atoms with Gasteiger partial charge in [0, 0.05) is 10.3 Å². The van der Waals surface area contributed by atoms with Gasteiger partial charge in [0.15, 0.2) is 0 Å². The summed E-state index contributed by atoms with van der Waals surface area (Å²) in [4.78, 5) is 1.48. The Hall–Kier alpha value is -0.480. The molecule has 5 rings (SSSR count). The van der Waals surface area contributed by atoms with Crippen molar-refractivity contribution in [2.24, 2.45) is 29.1 Å². The van der Waals surface area contributed by atoms with E-state index < -0.39 is 0 Å². The van der Waals surface area contributed by atoms with Crippen molar-refractivity contribution >= 4 is 11.5 Å². The fraction of sp³-hybridized carbons (Fsp3) is 0.895. The fourth-order valence-corrected chi connectivity index (χ4v) is 8.04. The van der Waals surface area contributed by atoms with E-state index in [4.69, 9.17) is 0 Å². The number of hydrogen-bond donors (Lipinski definition) is 1. The quantitative estimate of drug-likeness (QED) is 0.782. The lowest BCUT2D eigenvalue weighted by molar-refractivity contribution is -0.111. The zero-order valence-electron chi connectivity index (χ0n) is 14.3. The molecule has 4 heteroatoms. The molecule has 0 spiro atoms. The Kier molecular flexibility index (Phi) is 3.08. The van der Waals surface area contributed by atoms with Gasteiger partial charge in [0.2, 0.25) is 0 Å². The Morgan fingerprint density at radius 3 is 2.83 bits per heavy atom. The normalized spacial score (nSPS) is 51.5. The highest BCUT2D eigenvalue weighted by atomic mass is 32.1. The van der Waals surface area contributed by atoms with Crippen molar-refractivity contribution < 1.29 is 5.11 Å².